The number of thiazole rings is 1. The van der Waals surface area contributed by atoms with E-state index in [0.717, 1.165) is 23.7 Å². The lowest BCUT2D eigenvalue weighted by molar-refractivity contribution is -0.119. The first kappa shape index (κ1) is 11.4. The minimum absolute atomic E-state index is 0.0653. The average molecular weight is 262 g/mol. The fourth-order valence-corrected chi connectivity index (χ4v) is 2.75. The summed E-state index contributed by atoms with van der Waals surface area (Å²) in [6, 6.07) is 2.15. The van der Waals surface area contributed by atoms with E-state index in [1.54, 1.807) is 17.1 Å². The number of hydrogen-bond acceptors (Lipinski definition) is 4. The van der Waals surface area contributed by atoms with Crippen LogP contribution in [0.2, 0.25) is 0 Å². The van der Waals surface area contributed by atoms with Crippen LogP contribution in [-0.4, -0.2) is 26.7 Å². The summed E-state index contributed by atoms with van der Waals surface area (Å²) in [5, 5.41) is 6.86. The Hall–Kier alpha value is -1.69. The molecule has 0 bridgehead atoms. The summed E-state index contributed by atoms with van der Waals surface area (Å²) in [5.74, 6) is 0.0653. The molecule has 0 atom stereocenters. The molecule has 1 aliphatic carbocycles. The van der Waals surface area contributed by atoms with Gasteiger partial charge in [0.1, 0.15) is 6.54 Å². The normalized spacial score (nSPS) is 14.7. The van der Waals surface area contributed by atoms with Gasteiger partial charge in [-0.2, -0.15) is 5.10 Å². The molecule has 18 heavy (non-hydrogen) atoms. The molecular weight excluding hydrogens is 248 g/mol. The molecule has 0 saturated heterocycles. The lowest BCUT2D eigenvalue weighted by Gasteiger charge is -2.19. The number of aromatic nitrogens is 3. The van der Waals surface area contributed by atoms with Crippen LogP contribution >= 0.6 is 11.3 Å². The van der Waals surface area contributed by atoms with Crippen LogP contribution in [0.25, 0.3) is 0 Å². The molecule has 6 heteroatoms. The zero-order valence-corrected chi connectivity index (χ0v) is 10.9. The molecule has 0 aromatic carbocycles. The molecular formula is C12H14N4OS. The van der Waals surface area contributed by atoms with Crippen LogP contribution < -0.4 is 4.90 Å². The molecule has 1 fully saturated rings. The van der Waals surface area contributed by atoms with Gasteiger partial charge in [0.25, 0.3) is 5.91 Å². The summed E-state index contributed by atoms with van der Waals surface area (Å²) in [5.41, 5.74) is 0.965. The molecule has 94 valence electrons. The summed E-state index contributed by atoms with van der Waals surface area (Å²) >= 11 is 1.53. The fraction of sp³-hybridized carbons (Fsp3) is 0.417. The van der Waals surface area contributed by atoms with Crippen molar-refractivity contribution in [3.05, 3.63) is 29.5 Å². The quantitative estimate of drug-likeness (QED) is 0.845. The highest BCUT2D eigenvalue weighted by Gasteiger charge is 2.35. The highest BCUT2D eigenvalue weighted by atomic mass is 32.1. The highest BCUT2D eigenvalue weighted by Crippen LogP contribution is 2.33. The van der Waals surface area contributed by atoms with Crippen molar-refractivity contribution in [2.45, 2.75) is 32.4 Å². The number of aryl methyl sites for hydroxylation is 1. The van der Waals surface area contributed by atoms with E-state index in [4.69, 9.17) is 0 Å². The molecule has 0 aliphatic heterocycles. The average Bonchev–Trinajstić information content (AvgIpc) is 2.85. The lowest BCUT2D eigenvalue weighted by atomic mass is 10.4. The van der Waals surface area contributed by atoms with Gasteiger partial charge in [-0.1, -0.05) is 0 Å². The van der Waals surface area contributed by atoms with Crippen LogP contribution in [0.5, 0.6) is 0 Å². The standard InChI is InChI=1S/C12H14N4OS/c1-9-8-18-12(14-9)16(10-3-4-10)11(17)7-15-6-2-5-13-15/h2,5-6,8,10H,3-4,7H2,1H3. The summed E-state index contributed by atoms with van der Waals surface area (Å²) in [6.07, 6.45) is 5.63. The van der Waals surface area contributed by atoms with Gasteiger partial charge < -0.3 is 0 Å². The minimum Gasteiger partial charge on any atom is -0.283 e. The first-order valence-corrected chi connectivity index (χ1v) is 6.83. The van der Waals surface area contributed by atoms with Crippen molar-refractivity contribution in [2.24, 2.45) is 0 Å². The molecule has 0 radical (unpaired) electrons. The predicted octanol–water partition coefficient (Wildman–Crippen LogP) is 1.84. The Labute approximate surface area is 109 Å². The Morgan fingerprint density at radius 2 is 2.44 bits per heavy atom. The third kappa shape index (κ3) is 2.28. The maximum atomic E-state index is 12.3. The Bertz CT molecular complexity index is 544. The first-order valence-electron chi connectivity index (χ1n) is 5.95. The van der Waals surface area contributed by atoms with Crippen LogP contribution in [-0.2, 0) is 11.3 Å². The van der Waals surface area contributed by atoms with E-state index in [9.17, 15) is 4.79 Å². The maximum absolute atomic E-state index is 12.3. The van der Waals surface area contributed by atoms with Crippen molar-refractivity contribution in [2.75, 3.05) is 4.90 Å². The van der Waals surface area contributed by atoms with Gasteiger partial charge in [-0.15, -0.1) is 11.3 Å². The summed E-state index contributed by atoms with van der Waals surface area (Å²) in [4.78, 5) is 18.6. The van der Waals surface area contributed by atoms with Crippen molar-refractivity contribution >= 4 is 22.4 Å². The second kappa shape index (κ2) is 4.53. The Morgan fingerprint density at radius 1 is 1.61 bits per heavy atom. The Kier molecular flexibility index (Phi) is 2.87. The van der Waals surface area contributed by atoms with Gasteiger partial charge in [0.15, 0.2) is 5.13 Å². The Balaban J connectivity index is 1.79. The number of rotatable bonds is 4. The van der Waals surface area contributed by atoms with Crippen molar-refractivity contribution in [1.82, 2.24) is 14.8 Å². The zero-order valence-electron chi connectivity index (χ0n) is 10.1. The molecule has 0 unspecified atom stereocenters. The molecule has 1 saturated carbocycles. The molecule has 0 N–H and O–H groups in total. The molecule has 2 aromatic rings. The van der Waals surface area contributed by atoms with Crippen LogP contribution in [0.3, 0.4) is 0 Å². The number of hydrogen-bond donors (Lipinski definition) is 0. The predicted molar refractivity (Wildman–Crippen MR) is 69.6 cm³/mol. The van der Waals surface area contributed by atoms with Crippen LogP contribution in [0, 0.1) is 6.92 Å². The summed E-state index contributed by atoms with van der Waals surface area (Å²) < 4.78 is 1.65. The van der Waals surface area contributed by atoms with Crippen LogP contribution in [0.4, 0.5) is 5.13 Å². The van der Waals surface area contributed by atoms with E-state index >= 15 is 0 Å². The second-order valence-electron chi connectivity index (χ2n) is 4.47. The zero-order chi connectivity index (χ0) is 12.5. The number of carbonyl (C=O) groups excluding carboxylic acids is 1. The fourth-order valence-electron chi connectivity index (χ4n) is 1.86. The van der Waals surface area contributed by atoms with E-state index in [1.807, 2.05) is 23.3 Å². The number of carbonyl (C=O) groups is 1. The third-order valence-corrected chi connectivity index (χ3v) is 3.81. The van der Waals surface area contributed by atoms with Crippen molar-refractivity contribution in [1.29, 1.82) is 0 Å². The molecule has 1 amide bonds. The SMILES string of the molecule is Cc1csc(N(C(=O)Cn2cccn2)C2CC2)n1. The van der Waals surface area contributed by atoms with E-state index in [-0.39, 0.29) is 12.5 Å². The first-order chi connectivity index (χ1) is 8.74. The smallest absolute Gasteiger partial charge is 0.250 e. The molecule has 2 heterocycles. The van der Waals surface area contributed by atoms with E-state index in [1.165, 1.54) is 11.3 Å². The van der Waals surface area contributed by atoms with Gasteiger partial charge in [-0.05, 0) is 25.8 Å². The monoisotopic (exact) mass is 262 g/mol. The van der Waals surface area contributed by atoms with Gasteiger partial charge in [0, 0.05) is 23.8 Å². The minimum atomic E-state index is 0.0653. The second-order valence-corrected chi connectivity index (χ2v) is 5.31. The molecule has 2 aromatic heterocycles. The number of anilines is 1. The van der Waals surface area contributed by atoms with Gasteiger partial charge in [-0.3, -0.25) is 14.4 Å². The van der Waals surface area contributed by atoms with E-state index in [0.29, 0.717) is 6.04 Å². The van der Waals surface area contributed by atoms with Crippen molar-refractivity contribution in [3.8, 4) is 0 Å². The highest BCUT2D eigenvalue weighted by molar-refractivity contribution is 7.14. The van der Waals surface area contributed by atoms with E-state index < -0.39 is 0 Å². The van der Waals surface area contributed by atoms with Crippen molar-refractivity contribution < 1.29 is 4.79 Å². The van der Waals surface area contributed by atoms with E-state index in [2.05, 4.69) is 10.1 Å². The van der Waals surface area contributed by atoms with Gasteiger partial charge in [0.2, 0.25) is 0 Å². The third-order valence-electron chi connectivity index (χ3n) is 2.85. The molecule has 5 nitrogen and oxygen atoms in total. The lowest BCUT2D eigenvalue weighted by Crippen LogP contribution is -2.35. The van der Waals surface area contributed by atoms with Crippen LogP contribution in [0.15, 0.2) is 23.8 Å². The Morgan fingerprint density at radius 3 is 3.00 bits per heavy atom. The maximum Gasteiger partial charge on any atom is 0.250 e. The topological polar surface area (TPSA) is 51.0 Å². The van der Waals surface area contributed by atoms with Gasteiger partial charge in [-0.25, -0.2) is 4.98 Å². The van der Waals surface area contributed by atoms with Gasteiger partial charge >= 0.3 is 0 Å². The number of nitrogens with zero attached hydrogens (tertiary/aromatic N) is 4. The molecule has 0 spiro atoms. The van der Waals surface area contributed by atoms with Crippen LogP contribution in [0.1, 0.15) is 18.5 Å². The van der Waals surface area contributed by atoms with Gasteiger partial charge in [0.05, 0.1) is 5.69 Å². The summed E-state index contributed by atoms with van der Waals surface area (Å²) in [7, 11) is 0. The summed E-state index contributed by atoms with van der Waals surface area (Å²) in [6.45, 7) is 2.23. The van der Waals surface area contributed by atoms with Crippen molar-refractivity contribution in [3.63, 3.8) is 0 Å². The largest absolute Gasteiger partial charge is 0.283 e. The molecule has 1 aliphatic rings. The number of amides is 1. The molecule has 3 rings (SSSR count).